The van der Waals surface area contributed by atoms with Gasteiger partial charge in [-0.2, -0.15) is 5.26 Å². The predicted octanol–water partition coefficient (Wildman–Crippen LogP) is 4.68. The van der Waals surface area contributed by atoms with Crippen LogP contribution < -0.4 is 0 Å². The van der Waals surface area contributed by atoms with Gasteiger partial charge in [-0.1, -0.05) is 27.7 Å². The van der Waals surface area contributed by atoms with E-state index < -0.39 is 21.2 Å². The molecule has 0 saturated carbocycles. The van der Waals surface area contributed by atoms with Gasteiger partial charge in [0, 0.05) is 6.42 Å². The van der Waals surface area contributed by atoms with E-state index in [0.717, 1.165) is 28.0 Å². The van der Waals surface area contributed by atoms with Crippen molar-refractivity contribution in [1.82, 2.24) is 0 Å². The van der Waals surface area contributed by atoms with Crippen LogP contribution in [0.1, 0.15) is 81.2 Å². The van der Waals surface area contributed by atoms with Gasteiger partial charge >= 0.3 is 0 Å². The first kappa shape index (κ1) is 24.3. The monoisotopic (exact) mass is 447 g/mol. The molecule has 0 spiro atoms. The second kappa shape index (κ2) is 9.01. The number of aliphatic hydroxyl groups is 1. The number of carbonyl (C=O) groups excluding carboxylic acids is 1. The third-order valence-electron chi connectivity index (χ3n) is 5.01. The lowest BCUT2D eigenvalue weighted by molar-refractivity contribution is -0.116. The number of nitriles is 1. The fraction of sp³-hybridized carbons (Fsp3) is 0.478. The second-order valence-electron chi connectivity index (χ2n) is 8.74. The van der Waals surface area contributed by atoms with Crippen LogP contribution in [-0.4, -0.2) is 25.1 Å². The minimum Gasteiger partial charge on any atom is -0.386 e. The lowest BCUT2D eigenvalue weighted by atomic mass is 9.85. The van der Waals surface area contributed by atoms with Crippen molar-refractivity contribution in [2.45, 2.75) is 69.6 Å². The van der Waals surface area contributed by atoms with Crippen LogP contribution in [-0.2, 0) is 26.7 Å². The maximum Gasteiger partial charge on any atom is 0.194 e. The largest absolute Gasteiger partial charge is 0.386 e. The highest BCUT2D eigenvalue weighted by atomic mass is 32.2. The standard InChI is InChI=1S/C23H29NO4S2/c1-14(2)19-7-16(11-24)8-20(15(3)4)21(19)10-18(25)13-30(27,28)22-9-17(12-29-22)23(5,6)26/h7-9,12,14-15,26H,10,13H2,1-6H3. The smallest absolute Gasteiger partial charge is 0.194 e. The third-order valence-corrected chi connectivity index (χ3v) is 8.21. The molecule has 7 heteroatoms. The topological polar surface area (TPSA) is 95.2 Å². The Kier molecular flexibility index (Phi) is 7.28. The molecule has 1 aromatic carbocycles. The zero-order chi connectivity index (χ0) is 22.9. The van der Waals surface area contributed by atoms with E-state index in [1.165, 1.54) is 6.07 Å². The molecule has 0 atom stereocenters. The number of sulfone groups is 1. The zero-order valence-electron chi connectivity index (χ0n) is 18.3. The highest BCUT2D eigenvalue weighted by Crippen LogP contribution is 2.31. The normalized spacial score (nSPS) is 12.4. The molecule has 0 aliphatic carbocycles. The van der Waals surface area contributed by atoms with Crippen LogP contribution in [0.2, 0.25) is 0 Å². The number of hydrogen-bond acceptors (Lipinski definition) is 6. The van der Waals surface area contributed by atoms with Crippen LogP contribution in [0.25, 0.3) is 0 Å². The molecular formula is C23H29NO4S2. The Labute approximate surface area is 183 Å². The second-order valence-corrected chi connectivity index (χ2v) is 11.9. The SMILES string of the molecule is CC(C)c1cc(C#N)cc(C(C)C)c1CC(=O)CS(=O)(=O)c1cc(C(C)(C)O)cs1. The molecule has 2 aromatic rings. The molecule has 2 rings (SSSR count). The Bertz CT molecular complexity index is 1050. The highest BCUT2D eigenvalue weighted by molar-refractivity contribution is 7.94. The molecule has 0 unspecified atom stereocenters. The summed E-state index contributed by atoms with van der Waals surface area (Å²) in [4.78, 5) is 12.8. The Morgan fingerprint density at radius 1 is 1.13 bits per heavy atom. The summed E-state index contributed by atoms with van der Waals surface area (Å²) in [7, 11) is -3.79. The molecule has 1 heterocycles. The number of ketones is 1. The first-order valence-electron chi connectivity index (χ1n) is 9.89. The summed E-state index contributed by atoms with van der Waals surface area (Å²) in [5, 5.41) is 21.0. The number of benzene rings is 1. The number of rotatable bonds is 8. The highest BCUT2D eigenvalue weighted by Gasteiger charge is 2.26. The third kappa shape index (κ3) is 5.57. The van der Waals surface area contributed by atoms with Gasteiger partial charge < -0.3 is 5.11 Å². The summed E-state index contributed by atoms with van der Waals surface area (Å²) in [6, 6.07) is 7.20. The van der Waals surface area contributed by atoms with E-state index in [1.54, 1.807) is 31.4 Å². The minimum absolute atomic E-state index is 0.00961. The van der Waals surface area contributed by atoms with Crippen LogP contribution in [0, 0.1) is 11.3 Å². The van der Waals surface area contributed by atoms with Crippen molar-refractivity contribution in [2.24, 2.45) is 0 Å². The number of hydrogen-bond donors (Lipinski definition) is 1. The van der Waals surface area contributed by atoms with E-state index in [9.17, 15) is 23.6 Å². The van der Waals surface area contributed by atoms with Crippen molar-refractivity contribution in [3.05, 3.63) is 51.4 Å². The van der Waals surface area contributed by atoms with E-state index in [4.69, 9.17) is 0 Å². The maximum absolute atomic E-state index is 12.8. The lowest BCUT2D eigenvalue weighted by Gasteiger charge is -2.20. The molecule has 0 saturated heterocycles. The van der Waals surface area contributed by atoms with Crippen LogP contribution >= 0.6 is 11.3 Å². The van der Waals surface area contributed by atoms with Crippen LogP contribution in [0.3, 0.4) is 0 Å². The van der Waals surface area contributed by atoms with Gasteiger partial charge in [0.05, 0.1) is 17.2 Å². The summed E-state index contributed by atoms with van der Waals surface area (Å²) >= 11 is 1.02. The molecule has 162 valence electrons. The molecule has 0 fully saturated rings. The summed E-state index contributed by atoms with van der Waals surface area (Å²) in [5.74, 6) is -0.779. The lowest BCUT2D eigenvalue weighted by Crippen LogP contribution is -2.20. The number of carbonyl (C=O) groups is 1. The fourth-order valence-corrected chi connectivity index (χ4v) is 6.03. The molecule has 30 heavy (non-hydrogen) atoms. The Hall–Kier alpha value is -2.01. The average molecular weight is 448 g/mol. The fourth-order valence-electron chi connectivity index (χ4n) is 3.35. The molecule has 0 aliphatic rings. The van der Waals surface area contributed by atoms with Crippen molar-refractivity contribution < 1.29 is 18.3 Å². The first-order chi connectivity index (χ1) is 13.8. The van der Waals surface area contributed by atoms with Gasteiger partial charge in [-0.15, -0.1) is 11.3 Å². The van der Waals surface area contributed by atoms with E-state index >= 15 is 0 Å². The molecule has 1 N–H and O–H groups in total. The average Bonchev–Trinajstić information content (AvgIpc) is 3.12. The van der Waals surface area contributed by atoms with Crippen LogP contribution in [0.15, 0.2) is 27.8 Å². The van der Waals surface area contributed by atoms with Crippen LogP contribution in [0.4, 0.5) is 0 Å². The Morgan fingerprint density at radius 3 is 2.07 bits per heavy atom. The van der Waals surface area contributed by atoms with Gasteiger partial charge in [0.2, 0.25) is 0 Å². The molecule has 0 radical (unpaired) electrons. The zero-order valence-corrected chi connectivity index (χ0v) is 19.9. The molecule has 5 nitrogen and oxygen atoms in total. The molecular weight excluding hydrogens is 418 g/mol. The van der Waals surface area contributed by atoms with Crippen molar-refractivity contribution >= 4 is 27.0 Å². The predicted molar refractivity (Wildman–Crippen MR) is 120 cm³/mol. The maximum atomic E-state index is 12.8. The van der Waals surface area contributed by atoms with Gasteiger partial charge in [-0.3, -0.25) is 4.79 Å². The van der Waals surface area contributed by atoms with Crippen LogP contribution in [0.5, 0.6) is 0 Å². The number of nitrogens with zero attached hydrogens (tertiary/aromatic N) is 1. The Morgan fingerprint density at radius 2 is 1.67 bits per heavy atom. The quantitative estimate of drug-likeness (QED) is 0.634. The Balaban J connectivity index is 2.36. The molecule has 1 aromatic heterocycles. The minimum atomic E-state index is -3.79. The van der Waals surface area contributed by atoms with Gasteiger partial charge in [-0.25, -0.2) is 8.42 Å². The van der Waals surface area contributed by atoms with Crippen molar-refractivity contribution in [1.29, 1.82) is 5.26 Å². The van der Waals surface area contributed by atoms with Crippen molar-refractivity contribution in [2.75, 3.05) is 5.75 Å². The van der Waals surface area contributed by atoms with Crippen molar-refractivity contribution in [3.8, 4) is 6.07 Å². The number of Topliss-reactive ketones (excluding diaryl/α,β-unsaturated/α-hetero) is 1. The molecule has 0 amide bonds. The van der Waals surface area contributed by atoms with Crippen molar-refractivity contribution in [3.63, 3.8) is 0 Å². The summed E-state index contributed by atoms with van der Waals surface area (Å²) in [6.07, 6.45) is 0.00961. The van der Waals surface area contributed by atoms with Gasteiger partial charge in [-0.05, 0) is 71.5 Å². The van der Waals surface area contributed by atoms with E-state index in [-0.39, 0.29) is 28.2 Å². The van der Waals surface area contributed by atoms with E-state index in [1.807, 2.05) is 27.7 Å². The number of thiophene rings is 1. The van der Waals surface area contributed by atoms with Gasteiger partial charge in [0.25, 0.3) is 0 Å². The summed E-state index contributed by atoms with van der Waals surface area (Å²) in [6.45, 7) is 11.2. The first-order valence-corrected chi connectivity index (χ1v) is 12.4. The van der Waals surface area contributed by atoms with E-state index in [2.05, 4.69) is 6.07 Å². The molecule has 0 bridgehead atoms. The van der Waals surface area contributed by atoms with E-state index in [0.29, 0.717) is 11.1 Å². The summed E-state index contributed by atoms with van der Waals surface area (Å²) < 4.78 is 25.6. The van der Waals surface area contributed by atoms with Gasteiger partial charge in [0.15, 0.2) is 15.6 Å². The van der Waals surface area contributed by atoms with Gasteiger partial charge in [0.1, 0.15) is 9.96 Å². The molecule has 0 aliphatic heterocycles. The summed E-state index contributed by atoms with van der Waals surface area (Å²) in [5.41, 5.74) is 2.55.